The van der Waals surface area contributed by atoms with Crippen molar-refractivity contribution < 1.29 is 14.3 Å². The van der Waals surface area contributed by atoms with Gasteiger partial charge in [-0.2, -0.15) is 0 Å². The summed E-state index contributed by atoms with van der Waals surface area (Å²) in [4.78, 5) is 25.2. The molecule has 3 rings (SSSR count). The highest BCUT2D eigenvalue weighted by molar-refractivity contribution is 7.10. The Hall–Kier alpha value is -2.44. The summed E-state index contributed by atoms with van der Waals surface area (Å²) >= 11 is 1.41. The molecule has 118 valence electrons. The van der Waals surface area contributed by atoms with Crippen LogP contribution in [0.25, 0.3) is 11.0 Å². The lowest BCUT2D eigenvalue weighted by Gasteiger charge is -2.11. The smallest absolute Gasteiger partial charge is 0.349 e. The van der Waals surface area contributed by atoms with Crippen molar-refractivity contribution in [2.24, 2.45) is 0 Å². The molecule has 0 radical (unpaired) electrons. The number of carbonyl (C=O) groups excluding carboxylic acids is 1. The van der Waals surface area contributed by atoms with Crippen LogP contribution in [0.3, 0.4) is 0 Å². The maximum atomic E-state index is 12.3. The molecule has 0 saturated carbocycles. The van der Waals surface area contributed by atoms with Crippen LogP contribution in [0.4, 0.5) is 0 Å². The Morgan fingerprint density at radius 1 is 1.30 bits per heavy atom. The third-order valence-electron chi connectivity index (χ3n) is 3.63. The van der Waals surface area contributed by atoms with Gasteiger partial charge >= 0.3 is 5.63 Å². The van der Waals surface area contributed by atoms with Gasteiger partial charge in [0.25, 0.3) is 5.91 Å². The van der Waals surface area contributed by atoms with Gasteiger partial charge in [-0.3, -0.25) is 4.79 Å². The third kappa shape index (κ3) is 3.04. The van der Waals surface area contributed by atoms with Gasteiger partial charge in [-0.15, -0.1) is 11.3 Å². The number of rotatable bonds is 4. The molecule has 0 aliphatic heterocycles. The minimum Gasteiger partial charge on any atom is -0.422 e. The Kier molecular flexibility index (Phi) is 4.27. The van der Waals surface area contributed by atoms with Crippen molar-refractivity contribution in [3.63, 3.8) is 0 Å². The van der Waals surface area contributed by atoms with Gasteiger partial charge < -0.3 is 14.8 Å². The first-order chi connectivity index (χ1) is 11.1. The minimum absolute atomic E-state index is 0.0259. The zero-order valence-electron chi connectivity index (χ0n) is 12.4. The van der Waals surface area contributed by atoms with E-state index in [1.807, 2.05) is 17.5 Å². The molecule has 1 aromatic carbocycles. The molecule has 5 nitrogen and oxygen atoms in total. The third-order valence-corrected chi connectivity index (χ3v) is 4.60. The molecule has 0 spiro atoms. The lowest BCUT2D eigenvalue weighted by molar-refractivity contribution is 0.0914. The Morgan fingerprint density at radius 3 is 2.83 bits per heavy atom. The zero-order valence-corrected chi connectivity index (χ0v) is 13.2. The van der Waals surface area contributed by atoms with Crippen LogP contribution in [-0.2, 0) is 0 Å². The average molecular weight is 329 g/mol. The van der Waals surface area contributed by atoms with E-state index in [2.05, 4.69) is 5.32 Å². The molecule has 0 bridgehead atoms. The van der Waals surface area contributed by atoms with Crippen LogP contribution in [0.5, 0.6) is 0 Å². The first-order valence-corrected chi connectivity index (χ1v) is 7.98. The molecule has 2 heterocycles. The number of carbonyl (C=O) groups is 1. The number of aryl methyl sites for hydroxylation is 1. The van der Waals surface area contributed by atoms with Crippen molar-refractivity contribution in [1.29, 1.82) is 0 Å². The highest BCUT2D eigenvalue weighted by atomic mass is 32.1. The number of hydrogen-bond acceptors (Lipinski definition) is 5. The van der Waals surface area contributed by atoms with Gasteiger partial charge in [0.2, 0.25) is 0 Å². The standard InChI is InChI=1S/C17H15NO4S/c1-10-11-5-2-3-6-13(11)22-17(21)15(10)16(20)18-9-12(19)14-7-4-8-23-14/h2-8,12,19H,9H2,1H3,(H,18,20)/t12-/m0/s1. The number of amides is 1. The van der Waals surface area contributed by atoms with Crippen molar-refractivity contribution in [2.45, 2.75) is 13.0 Å². The van der Waals surface area contributed by atoms with Gasteiger partial charge in [0.15, 0.2) is 0 Å². The predicted molar refractivity (Wildman–Crippen MR) is 88.8 cm³/mol. The molecular formula is C17H15NO4S. The second-order valence-corrected chi connectivity index (χ2v) is 6.11. The zero-order chi connectivity index (χ0) is 16.4. The fraction of sp³-hybridized carbons (Fsp3) is 0.176. The first kappa shape index (κ1) is 15.5. The quantitative estimate of drug-likeness (QED) is 0.721. The molecule has 23 heavy (non-hydrogen) atoms. The summed E-state index contributed by atoms with van der Waals surface area (Å²) in [7, 11) is 0. The van der Waals surface area contributed by atoms with E-state index >= 15 is 0 Å². The maximum Gasteiger partial charge on any atom is 0.349 e. The van der Waals surface area contributed by atoms with E-state index in [0.29, 0.717) is 11.1 Å². The minimum atomic E-state index is -0.799. The number of nitrogens with one attached hydrogen (secondary N) is 1. The van der Waals surface area contributed by atoms with E-state index in [1.54, 1.807) is 31.2 Å². The van der Waals surface area contributed by atoms with Gasteiger partial charge in [0, 0.05) is 16.8 Å². The van der Waals surface area contributed by atoms with Gasteiger partial charge in [0.1, 0.15) is 17.3 Å². The van der Waals surface area contributed by atoms with Crippen LogP contribution in [0, 0.1) is 6.92 Å². The van der Waals surface area contributed by atoms with Crippen molar-refractivity contribution in [3.05, 3.63) is 68.2 Å². The van der Waals surface area contributed by atoms with Crippen LogP contribution < -0.4 is 10.9 Å². The van der Waals surface area contributed by atoms with E-state index in [1.165, 1.54) is 11.3 Å². The summed E-state index contributed by atoms with van der Waals surface area (Å²) in [6.45, 7) is 1.74. The topological polar surface area (TPSA) is 79.5 Å². The van der Waals surface area contributed by atoms with Gasteiger partial charge in [0.05, 0.1) is 0 Å². The summed E-state index contributed by atoms with van der Waals surface area (Å²) in [5.74, 6) is -0.544. The lowest BCUT2D eigenvalue weighted by atomic mass is 10.1. The number of fused-ring (bicyclic) bond motifs is 1. The molecule has 2 aromatic heterocycles. The summed E-state index contributed by atoms with van der Waals surface area (Å²) < 4.78 is 5.20. The molecule has 6 heteroatoms. The molecule has 1 amide bonds. The molecule has 0 unspecified atom stereocenters. The Morgan fingerprint density at radius 2 is 2.09 bits per heavy atom. The number of hydrogen-bond donors (Lipinski definition) is 2. The largest absolute Gasteiger partial charge is 0.422 e. The van der Waals surface area contributed by atoms with Crippen molar-refractivity contribution in [2.75, 3.05) is 6.54 Å². The summed E-state index contributed by atoms with van der Waals surface area (Å²) in [6.07, 6.45) is -0.799. The highest BCUT2D eigenvalue weighted by Gasteiger charge is 2.19. The number of benzene rings is 1. The second-order valence-electron chi connectivity index (χ2n) is 5.13. The molecule has 3 aromatic rings. The van der Waals surface area contributed by atoms with Gasteiger partial charge in [-0.05, 0) is 30.0 Å². The molecule has 0 aliphatic carbocycles. The number of para-hydroxylation sites is 1. The fourth-order valence-electron chi connectivity index (χ4n) is 2.43. The van der Waals surface area contributed by atoms with E-state index in [0.717, 1.165) is 10.3 Å². The average Bonchev–Trinajstić information content (AvgIpc) is 3.07. The number of thiophene rings is 1. The van der Waals surface area contributed by atoms with Crippen LogP contribution in [-0.4, -0.2) is 17.6 Å². The lowest BCUT2D eigenvalue weighted by Crippen LogP contribution is -2.32. The van der Waals surface area contributed by atoms with E-state index < -0.39 is 17.6 Å². The molecular weight excluding hydrogens is 314 g/mol. The summed E-state index contributed by atoms with van der Waals surface area (Å²) in [6, 6.07) is 10.7. The number of aliphatic hydroxyl groups excluding tert-OH is 1. The Bertz CT molecular complexity index is 899. The van der Waals surface area contributed by atoms with Crippen LogP contribution in [0.1, 0.15) is 26.9 Å². The van der Waals surface area contributed by atoms with E-state index in [4.69, 9.17) is 4.42 Å². The van der Waals surface area contributed by atoms with Gasteiger partial charge in [-0.25, -0.2) is 4.79 Å². The number of aliphatic hydroxyl groups is 1. The monoisotopic (exact) mass is 329 g/mol. The predicted octanol–water partition coefficient (Wildman–Crippen LogP) is 2.63. The summed E-state index contributed by atoms with van der Waals surface area (Å²) in [5, 5.41) is 15.2. The second kappa shape index (κ2) is 6.36. The van der Waals surface area contributed by atoms with Gasteiger partial charge in [-0.1, -0.05) is 24.3 Å². The normalized spacial score (nSPS) is 12.3. The molecule has 0 aliphatic rings. The van der Waals surface area contributed by atoms with E-state index in [9.17, 15) is 14.7 Å². The molecule has 1 atom stereocenters. The molecule has 2 N–H and O–H groups in total. The fourth-order valence-corrected chi connectivity index (χ4v) is 3.14. The highest BCUT2D eigenvalue weighted by Crippen LogP contribution is 2.20. The van der Waals surface area contributed by atoms with Crippen LogP contribution in [0.15, 0.2) is 51.0 Å². The SMILES string of the molecule is Cc1c(C(=O)NC[C@H](O)c2cccs2)c(=O)oc2ccccc12. The Labute approximate surface area is 136 Å². The van der Waals surface area contributed by atoms with E-state index in [-0.39, 0.29) is 12.1 Å². The van der Waals surface area contributed by atoms with Crippen LogP contribution >= 0.6 is 11.3 Å². The molecule has 0 fully saturated rings. The Balaban J connectivity index is 1.85. The molecule has 0 saturated heterocycles. The summed E-state index contributed by atoms with van der Waals surface area (Å²) in [5.41, 5.74) is 0.316. The van der Waals surface area contributed by atoms with Crippen LogP contribution in [0.2, 0.25) is 0 Å². The van der Waals surface area contributed by atoms with Crippen molar-refractivity contribution >= 4 is 28.2 Å². The first-order valence-electron chi connectivity index (χ1n) is 7.10. The van der Waals surface area contributed by atoms with Crippen molar-refractivity contribution in [3.8, 4) is 0 Å². The maximum absolute atomic E-state index is 12.3. The van der Waals surface area contributed by atoms with Crippen molar-refractivity contribution in [1.82, 2.24) is 5.32 Å².